The van der Waals surface area contributed by atoms with Gasteiger partial charge in [0.05, 0.1) is 6.04 Å². The minimum absolute atomic E-state index is 0.0918. The number of likely N-dealkylation sites (tertiary alicyclic amines) is 1. The van der Waals surface area contributed by atoms with Crippen molar-refractivity contribution in [2.45, 2.75) is 44.2 Å². The van der Waals surface area contributed by atoms with Crippen LogP contribution in [0.2, 0.25) is 0 Å². The van der Waals surface area contributed by atoms with Crippen LogP contribution in [0.25, 0.3) is 0 Å². The standard InChI is InChI=1S/C24H26N2O6/c27-18-10-8-16(9-11-18)15-19(25-23(30)17-5-2-1-3-6-17)21(28)12-13-22(29)26-14-4-7-20(26)24(31)32/h1-3,5-6,8-11,19-20,27H,4,7,12-15H2,(H,25,30)(H,31,32)/t19?,20-/m0/s1. The van der Waals surface area contributed by atoms with Gasteiger partial charge in [-0.15, -0.1) is 0 Å². The summed E-state index contributed by atoms with van der Waals surface area (Å²) < 4.78 is 0. The molecule has 1 heterocycles. The molecule has 168 valence electrons. The number of carboxylic acids is 1. The van der Waals surface area contributed by atoms with E-state index < -0.39 is 24.0 Å². The first-order chi connectivity index (χ1) is 15.3. The van der Waals surface area contributed by atoms with E-state index in [0.717, 1.165) is 5.56 Å². The van der Waals surface area contributed by atoms with Gasteiger partial charge in [0.15, 0.2) is 5.78 Å². The minimum Gasteiger partial charge on any atom is -0.508 e. The molecule has 1 aliphatic heterocycles. The third-order valence-electron chi connectivity index (χ3n) is 5.55. The second kappa shape index (κ2) is 10.6. The number of nitrogens with zero attached hydrogens (tertiary/aromatic N) is 1. The Balaban J connectivity index is 1.67. The number of Topliss-reactive ketones (excluding diaryl/α,β-unsaturated/α-hetero) is 1. The maximum absolute atomic E-state index is 13.0. The van der Waals surface area contributed by atoms with Crippen LogP contribution < -0.4 is 5.32 Å². The Hall–Kier alpha value is -3.68. The zero-order valence-corrected chi connectivity index (χ0v) is 17.6. The number of rotatable bonds is 9. The summed E-state index contributed by atoms with van der Waals surface area (Å²) in [6, 6.07) is 13.1. The van der Waals surface area contributed by atoms with E-state index in [1.54, 1.807) is 42.5 Å². The van der Waals surface area contributed by atoms with Crippen LogP contribution in [0, 0.1) is 0 Å². The molecule has 0 saturated carbocycles. The Morgan fingerprint density at radius 2 is 1.69 bits per heavy atom. The number of ketones is 1. The molecule has 1 aliphatic rings. The van der Waals surface area contributed by atoms with Gasteiger partial charge in [-0.25, -0.2) is 4.79 Å². The molecule has 8 heteroatoms. The smallest absolute Gasteiger partial charge is 0.326 e. The largest absolute Gasteiger partial charge is 0.508 e. The maximum Gasteiger partial charge on any atom is 0.326 e. The zero-order chi connectivity index (χ0) is 23.1. The third kappa shape index (κ3) is 5.94. The summed E-state index contributed by atoms with van der Waals surface area (Å²) in [6.45, 7) is 0.367. The van der Waals surface area contributed by atoms with E-state index in [4.69, 9.17) is 0 Å². The van der Waals surface area contributed by atoms with Crippen LogP contribution in [0.1, 0.15) is 41.6 Å². The van der Waals surface area contributed by atoms with Gasteiger partial charge >= 0.3 is 5.97 Å². The molecule has 32 heavy (non-hydrogen) atoms. The molecular formula is C24H26N2O6. The summed E-state index contributed by atoms with van der Waals surface area (Å²) in [7, 11) is 0. The number of hydrogen-bond acceptors (Lipinski definition) is 5. The quantitative estimate of drug-likeness (QED) is 0.551. The summed E-state index contributed by atoms with van der Waals surface area (Å²) in [5.74, 6) is -2.04. The van der Waals surface area contributed by atoms with Gasteiger partial charge in [-0.05, 0) is 49.1 Å². The van der Waals surface area contributed by atoms with E-state index in [9.17, 15) is 29.4 Å². The number of carbonyl (C=O) groups is 4. The van der Waals surface area contributed by atoms with Crippen LogP contribution >= 0.6 is 0 Å². The Labute approximate surface area is 185 Å². The van der Waals surface area contributed by atoms with Crippen LogP contribution in [-0.4, -0.2) is 57.3 Å². The predicted molar refractivity (Wildman–Crippen MR) is 116 cm³/mol. The molecule has 0 aliphatic carbocycles. The van der Waals surface area contributed by atoms with Crippen LogP contribution in [0.15, 0.2) is 54.6 Å². The molecule has 2 aromatic rings. The average Bonchev–Trinajstić information content (AvgIpc) is 3.29. The van der Waals surface area contributed by atoms with Crippen molar-refractivity contribution in [3.05, 3.63) is 65.7 Å². The van der Waals surface area contributed by atoms with Gasteiger partial charge in [0.2, 0.25) is 5.91 Å². The molecule has 1 fully saturated rings. The molecule has 3 N–H and O–H groups in total. The van der Waals surface area contributed by atoms with Crippen molar-refractivity contribution in [1.82, 2.24) is 10.2 Å². The molecule has 8 nitrogen and oxygen atoms in total. The number of aromatic hydroxyl groups is 1. The molecule has 1 saturated heterocycles. The van der Waals surface area contributed by atoms with E-state index in [0.29, 0.717) is 24.9 Å². The summed E-state index contributed by atoms with van der Waals surface area (Å²) in [6.07, 6.45) is 1.00. The lowest BCUT2D eigenvalue weighted by molar-refractivity contribution is -0.148. The lowest BCUT2D eigenvalue weighted by Gasteiger charge is -2.22. The van der Waals surface area contributed by atoms with E-state index in [1.807, 2.05) is 0 Å². The highest BCUT2D eigenvalue weighted by molar-refractivity contribution is 5.98. The Morgan fingerprint density at radius 1 is 1.00 bits per heavy atom. The zero-order valence-electron chi connectivity index (χ0n) is 17.6. The minimum atomic E-state index is -1.04. The van der Waals surface area contributed by atoms with Crippen molar-refractivity contribution < 1.29 is 29.4 Å². The van der Waals surface area contributed by atoms with Gasteiger partial charge < -0.3 is 20.4 Å². The van der Waals surface area contributed by atoms with Crippen molar-refractivity contribution in [3.8, 4) is 5.75 Å². The molecular weight excluding hydrogens is 412 g/mol. The first-order valence-corrected chi connectivity index (χ1v) is 10.5. The van der Waals surface area contributed by atoms with Crippen molar-refractivity contribution >= 4 is 23.6 Å². The highest BCUT2D eigenvalue weighted by Gasteiger charge is 2.34. The molecule has 1 unspecified atom stereocenters. The topological polar surface area (TPSA) is 124 Å². The average molecular weight is 438 g/mol. The lowest BCUT2D eigenvalue weighted by atomic mass is 9.98. The van der Waals surface area contributed by atoms with E-state index in [-0.39, 0.29) is 36.7 Å². The molecule has 0 radical (unpaired) electrons. The molecule has 0 bridgehead atoms. The summed E-state index contributed by atoms with van der Waals surface area (Å²) >= 11 is 0. The van der Waals surface area contributed by atoms with Crippen molar-refractivity contribution in [2.75, 3.05) is 6.54 Å². The number of benzene rings is 2. The molecule has 2 aromatic carbocycles. The molecule has 0 spiro atoms. The fraction of sp³-hybridized carbons (Fsp3) is 0.333. The summed E-state index contributed by atoms with van der Waals surface area (Å²) in [5.41, 5.74) is 1.15. The first kappa shape index (κ1) is 23.0. The summed E-state index contributed by atoms with van der Waals surface area (Å²) in [5, 5.41) is 21.5. The number of carboxylic acid groups (broad SMARTS) is 1. The molecule has 2 amide bonds. The second-order valence-electron chi connectivity index (χ2n) is 7.81. The van der Waals surface area contributed by atoms with E-state index >= 15 is 0 Å². The molecule has 3 rings (SSSR count). The van der Waals surface area contributed by atoms with Crippen LogP contribution in [0.3, 0.4) is 0 Å². The first-order valence-electron chi connectivity index (χ1n) is 10.5. The fourth-order valence-electron chi connectivity index (χ4n) is 3.81. The van der Waals surface area contributed by atoms with Gasteiger partial charge in [0, 0.05) is 24.9 Å². The fourth-order valence-corrected chi connectivity index (χ4v) is 3.81. The molecule has 0 aromatic heterocycles. The van der Waals surface area contributed by atoms with Crippen LogP contribution in [-0.2, 0) is 20.8 Å². The normalized spacial score (nSPS) is 16.4. The summed E-state index contributed by atoms with van der Waals surface area (Å²) in [4.78, 5) is 50.7. The van der Waals surface area contributed by atoms with Gasteiger partial charge in [0.25, 0.3) is 5.91 Å². The van der Waals surface area contributed by atoms with Gasteiger partial charge in [-0.1, -0.05) is 30.3 Å². The SMILES string of the molecule is O=C(NC(Cc1ccc(O)cc1)C(=O)CCC(=O)N1CCC[C@H]1C(=O)O)c1ccccc1. The Morgan fingerprint density at radius 3 is 2.34 bits per heavy atom. The lowest BCUT2D eigenvalue weighted by Crippen LogP contribution is -2.44. The van der Waals surface area contributed by atoms with E-state index in [1.165, 1.54) is 17.0 Å². The number of hydrogen-bond donors (Lipinski definition) is 3. The van der Waals surface area contributed by atoms with E-state index in [2.05, 4.69) is 5.32 Å². The number of aliphatic carboxylic acids is 1. The predicted octanol–water partition coefficient (Wildman–Crippen LogP) is 2.16. The van der Waals surface area contributed by atoms with Crippen molar-refractivity contribution in [3.63, 3.8) is 0 Å². The maximum atomic E-state index is 13.0. The third-order valence-corrected chi connectivity index (χ3v) is 5.55. The van der Waals surface area contributed by atoms with Crippen LogP contribution in [0.4, 0.5) is 0 Å². The monoisotopic (exact) mass is 438 g/mol. The van der Waals surface area contributed by atoms with Crippen molar-refractivity contribution in [1.29, 1.82) is 0 Å². The number of phenolic OH excluding ortho intramolecular Hbond substituents is 1. The van der Waals surface area contributed by atoms with Crippen LogP contribution in [0.5, 0.6) is 5.75 Å². The highest BCUT2D eigenvalue weighted by atomic mass is 16.4. The van der Waals surface area contributed by atoms with Gasteiger partial charge in [-0.2, -0.15) is 0 Å². The number of amides is 2. The Bertz CT molecular complexity index is 974. The van der Waals surface area contributed by atoms with Gasteiger partial charge in [-0.3, -0.25) is 14.4 Å². The highest BCUT2D eigenvalue weighted by Crippen LogP contribution is 2.19. The molecule has 2 atom stereocenters. The number of nitrogens with one attached hydrogen (secondary N) is 1. The number of carbonyl (C=O) groups excluding carboxylic acids is 3. The van der Waals surface area contributed by atoms with Crippen molar-refractivity contribution in [2.24, 2.45) is 0 Å². The van der Waals surface area contributed by atoms with Gasteiger partial charge in [0.1, 0.15) is 11.8 Å². The Kier molecular flexibility index (Phi) is 7.59. The second-order valence-corrected chi connectivity index (χ2v) is 7.81. The number of phenols is 1.